The molecule has 0 spiro atoms. The molecule has 2 aliphatic rings. The highest BCUT2D eigenvalue weighted by Crippen LogP contribution is 2.48. The monoisotopic (exact) mass is 349 g/mol. The number of hydrogen-bond donors (Lipinski definition) is 0. The maximum Gasteiger partial charge on any atom is 0.0996 e. The molecule has 0 N–H and O–H groups in total. The SMILES string of the molecule is CC(C)(C)[C@H]1C[C@@H]2O[C@@H]2[C@H](N(Cc2ccccc2)Cc2ccccc2)C1. The van der Waals surface area contributed by atoms with Gasteiger partial charge in [-0.1, -0.05) is 81.4 Å². The zero-order valence-electron chi connectivity index (χ0n) is 16.3. The van der Waals surface area contributed by atoms with E-state index in [0.717, 1.165) is 19.0 Å². The molecule has 0 bridgehead atoms. The molecule has 0 aromatic heterocycles. The molecule has 138 valence electrons. The van der Waals surface area contributed by atoms with Crippen molar-refractivity contribution in [1.82, 2.24) is 4.90 Å². The Morgan fingerprint density at radius 1 is 0.846 bits per heavy atom. The Morgan fingerprint density at radius 3 is 1.88 bits per heavy atom. The molecule has 1 saturated heterocycles. The summed E-state index contributed by atoms with van der Waals surface area (Å²) >= 11 is 0. The van der Waals surface area contributed by atoms with E-state index in [1.54, 1.807) is 0 Å². The molecule has 2 aromatic carbocycles. The standard InChI is InChI=1S/C24H31NO/c1-24(2,3)20-14-21(23-22(15-20)26-23)25(16-18-10-6-4-7-11-18)17-19-12-8-5-9-13-19/h4-13,20-23H,14-17H2,1-3H3/t20-,21-,22+,23-/m1/s1. The van der Waals surface area contributed by atoms with Gasteiger partial charge in [-0.25, -0.2) is 0 Å². The van der Waals surface area contributed by atoms with Crippen LogP contribution in [-0.4, -0.2) is 23.1 Å². The molecule has 2 nitrogen and oxygen atoms in total. The van der Waals surface area contributed by atoms with Crippen LogP contribution in [0.2, 0.25) is 0 Å². The summed E-state index contributed by atoms with van der Waals surface area (Å²) in [5.74, 6) is 0.727. The van der Waals surface area contributed by atoms with Crippen LogP contribution in [0.4, 0.5) is 0 Å². The number of ether oxygens (including phenoxy) is 1. The summed E-state index contributed by atoms with van der Waals surface area (Å²) in [6.45, 7) is 9.14. The van der Waals surface area contributed by atoms with Gasteiger partial charge < -0.3 is 4.74 Å². The third kappa shape index (κ3) is 4.02. The highest BCUT2D eigenvalue weighted by Gasteiger charge is 2.53. The first-order valence-corrected chi connectivity index (χ1v) is 9.98. The number of fused-ring (bicyclic) bond motifs is 1. The van der Waals surface area contributed by atoms with Crippen molar-refractivity contribution in [2.75, 3.05) is 0 Å². The highest BCUT2D eigenvalue weighted by molar-refractivity contribution is 5.18. The number of benzene rings is 2. The fourth-order valence-corrected chi connectivity index (χ4v) is 4.48. The maximum atomic E-state index is 6.13. The fourth-order valence-electron chi connectivity index (χ4n) is 4.48. The van der Waals surface area contributed by atoms with Gasteiger partial charge in [-0.2, -0.15) is 0 Å². The Morgan fingerprint density at radius 2 is 1.38 bits per heavy atom. The molecule has 2 heteroatoms. The largest absolute Gasteiger partial charge is 0.368 e. The fraction of sp³-hybridized carbons (Fsp3) is 0.500. The maximum absolute atomic E-state index is 6.13. The number of epoxide rings is 1. The summed E-state index contributed by atoms with van der Waals surface area (Å²) in [6, 6.07) is 22.3. The van der Waals surface area contributed by atoms with Gasteiger partial charge in [0.2, 0.25) is 0 Å². The zero-order chi connectivity index (χ0) is 18.1. The van der Waals surface area contributed by atoms with Crippen molar-refractivity contribution >= 4 is 0 Å². The van der Waals surface area contributed by atoms with Crippen molar-refractivity contribution in [3.8, 4) is 0 Å². The van der Waals surface area contributed by atoms with E-state index in [2.05, 4.69) is 86.3 Å². The lowest BCUT2D eigenvalue weighted by atomic mass is 9.70. The molecule has 2 fully saturated rings. The van der Waals surface area contributed by atoms with Gasteiger partial charge in [0.05, 0.1) is 12.2 Å². The highest BCUT2D eigenvalue weighted by atomic mass is 16.6. The van der Waals surface area contributed by atoms with Crippen molar-refractivity contribution in [1.29, 1.82) is 0 Å². The molecule has 26 heavy (non-hydrogen) atoms. The van der Waals surface area contributed by atoms with Gasteiger partial charge in [0.15, 0.2) is 0 Å². The Labute approximate surface area is 158 Å². The normalized spacial score (nSPS) is 28.0. The average Bonchev–Trinajstić information content (AvgIpc) is 3.41. The number of rotatable bonds is 5. The van der Waals surface area contributed by atoms with Crippen LogP contribution < -0.4 is 0 Å². The average molecular weight is 350 g/mol. The van der Waals surface area contributed by atoms with Crippen LogP contribution in [-0.2, 0) is 17.8 Å². The molecule has 0 radical (unpaired) electrons. The van der Waals surface area contributed by atoms with Crippen molar-refractivity contribution in [3.05, 3.63) is 71.8 Å². The lowest BCUT2D eigenvalue weighted by Crippen LogP contribution is -2.45. The van der Waals surface area contributed by atoms with Crippen LogP contribution in [0.5, 0.6) is 0 Å². The van der Waals surface area contributed by atoms with Crippen molar-refractivity contribution in [2.24, 2.45) is 11.3 Å². The molecule has 1 heterocycles. The Balaban J connectivity index is 1.57. The second-order valence-corrected chi connectivity index (χ2v) is 9.12. The zero-order valence-corrected chi connectivity index (χ0v) is 16.3. The third-order valence-electron chi connectivity index (χ3n) is 6.19. The third-order valence-corrected chi connectivity index (χ3v) is 6.19. The minimum Gasteiger partial charge on any atom is -0.368 e. The quantitative estimate of drug-likeness (QED) is 0.683. The Hall–Kier alpha value is -1.64. The van der Waals surface area contributed by atoms with E-state index < -0.39 is 0 Å². The summed E-state index contributed by atoms with van der Waals surface area (Å²) in [6.07, 6.45) is 3.38. The van der Waals surface area contributed by atoms with E-state index in [4.69, 9.17) is 4.74 Å². The molecular weight excluding hydrogens is 318 g/mol. The second-order valence-electron chi connectivity index (χ2n) is 9.12. The van der Waals surface area contributed by atoms with Crippen LogP contribution in [0.3, 0.4) is 0 Å². The summed E-state index contributed by atoms with van der Waals surface area (Å²) < 4.78 is 6.13. The van der Waals surface area contributed by atoms with Crippen LogP contribution >= 0.6 is 0 Å². The summed E-state index contributed by atoms with van der Waals surface area (Å²) in [5.41, 5.74) is 3.12. The van der Waals surface area contributed by atoms with E-state index in [-0.39, 0.29) is 0 Å². The predicted molar refractivity (Wildman–Crippen MR) is 107 cm³/mol. The molecule has 0 unspecified atom stereocenters. The van der Waals surface area contributed by atoms with E-state index in [0.29, 0.717) is 23.7 Å². The molecule has 0 amide bonds. The van der Waals surface area contributed by atoms with Gasteiger partial charge in [0.1, 0.15) is 0 Å². The minimum absolute atomic E-state index is 0.348. The molecular formula is C24H31NO. The van der Waals surface area contributed by atoms with Gasteiger partial charge in [0.25, 0.3) is 0 Å². The molecule has 1 aliphatic heterocycles. The van der Waals surface area contributed by atoms with Gasteiger partial charge in [-0.15, -0.1) is 0 Å². The number of hydrogen-bond acceptors (Lipinski definition) is 2. The second kappa shape index (κ2) is 7.17. The molecule has 1 aliphatic carbocycles. The van der Waals surface area contributed by atoms with Crippen LogP contribution in [0.25, 0.3) is 0 Å². The van der Waals surface area contributed by atoms with Gasteiger partial charge in [0, 0.05) is 19.1 Å². The minimum atomic E-state index is 0.348. The lowest BCUT2D eigenvalue weighted by molar-refractivity contribution is 0.0859. The smallest absolute Gasteiger partial charge is 0.0996 e. The molecule has 2 aromatic rings. The van der Waals surface area contributed by atoms with Crippen molar-refractivity contribution < 1.29 is 4.74 Å². The number of nitrogens with zero attached hydrogens (tertiary/aromatic N) is 1. The van der Waals surface area contributed by atoms with E-state index >= 15 is 0 Å². The van der Waals surface area contributed by atoms with Gasteiger partial charge >= 0.3 is 0 Å². The van der Waals surface area contributed by atoms with E-state index in [9.17, 15) is 0 Å². The Bertz CT molecular complexity index is 664. The van der Waals surface area contributed by atoms with E-state index in [1.807, 2.05) is 0 Å². The molecule has 4 rings (SSSR count). The first kappa shape index (κ1) is 17.8. The topological polar surface area (TPSA) is 15.8 Å². The summed E-state index contributed by atoms with van der Waals surface area (Å²) in [5, 5.41) is 0. The first-order chi connectivity index (χ1) is 12.5. The predicted octanol–water partition coefficient (Wildman–Crippen LogP) is 5.28. The summed E-state index contributed by atoms with van der Waals surface area (Å²) in [4.78, 5) is 2.66. The Kier molecular flexibility index (Phi) is 4.90. The summed E-state index contributed by atoms with van der Waals surface area (Å²) in [7, 11) is 0. The lowest BCUT2D eigenvalue weighted by Gasteiger charge is -2.40. The van der Waals surface area contributed by atoms with Crippen LogP contribution in [0.1, 0.15) is 44.7 Å². The van der Waals surface area contributed by atoms with Crippen molar-refractivity contribution in [2.45, 2.75) is 65.0 Å². The van der Waals surface area contributed by atoms with Crippen LogP contribution in [0.15, 0.2) is 60.7 Å². The van der Waals surface area contributed by atoms with Crippen LogP contribution in [0, 0.1) is 11.3 Å². The molecule has 4 atom stereocenters. The first-order valence-electron chi connectivity index (χ1n) is 9.98. The van der Waals surface area contributed by atoms with E-state index in [1.165, 1.54) is 24.0 Å². The molecule has 1 saturated carbocycles. The van der Waals surface area contributed by atoms with Gasteiger partial charge in [-0.3, -0.25) is 4.90 Å². The van der Waals surface area contributed by atoms with Gasteiger partial charge in [-0.05, 0) is 35.3 Å². The van der Waals surface area contributed by atoms with Crippen molar-refractivity contribution in [3.63, 3.8) is 0 Å².